The Morgan fingerprint density at radius 3 is 2.55 bits per heavy atom. The molecule has 1 atom stereocenters. The van der Waals surface area contributed by atoms with Crippen molar-refractivity contribution in [1.82, 2.24) is 5.34 Å². The molecule has 0 spiro atoms. The third kappa shape index (κ3) is 4.15. The Kier molecular flexibility index (Phi) is 5.14. The van der Waals surface area contributed by atoms with E-state index in [2.05, 4.69) is 0 Å². The van der Waals surface area contributed by atoms with Crippen molar-refractivity contribution in [2.24, 2.45) is 0 Å². The van der Waals surface area contributed by atoms with E-state index < -0.39 is 17.4 Å². The third-order valence-electron chi connectivity index (χ3n) is 1.12. The van der Waals surface area contributed by atoms with Crippen LogP contribution in [0.3, 0.4) is 0 Å². The van der Waals surface area contributed by atoms with Crippen molar-refractivity contribution in [2.45, 2.75) is 12.5 Å². The number of carboxylic acids is 1. The maximum absolute atomic E-state index is 11.7. The van der Waals surface area contributed by atoms with Crippen LogP contribution in [0.4, 0.5) is 8.96 Å². The van der Waals surface area contributed by atoms with E-state index in [4.69, 9.17) is 5.11 Å². The first-order valence-electron chi connectivity index (χ1n) is 2.92. The molecule has 0 bridgehead atoms. The molecule has 1 N–H and O–H groups in total. The summed E-state index contributed by atoms with van der Waals surface area (Å²) in [4.78, 5) is 10.1. The van der Waals surface area contributed by atoms with Crippen LogP contribution in [0.1, 0.15) is 6.42 Å². The van der Waals surface area contributed by atoms with E-state index in [1.807, 2.05) is 0 Å². The van der Waals surface area contributed by atoms with Gasteiger partial charge in [0.1, 0.15) is 0 Å². The molecule has 0 saturated carbocycles. The zero-order valence-corrected chi connectivity index (χ0v) is 6.77. The molecule has 0 aromatic heterocycles. The molecule has 0 rings (SSSR count). The first kappa shape index (κ1) is 10.6. The van der Waals surface area contributed by atoms with Crippen molar-refractivity contribution in [3.8, 4) is 0 Å². The standard InChI is InChI=1S/C5H9F2NO2S/c1-11-3-2-4(5(9)10)8(6)7/h4H,2-3H2,1H3,(H,9,10). The normalized spacial score (nSPS) is 13.5. The highest BCUT2D eigenvalue weighted by molar-refractivity contribution is 7.98. The zero-order valence-electron chi connectivity index (χ0n) is 5.96. The summed E-state index contributed by atoms with van der Waals surface area (Å²) in [6.45, 7) is 0. The summed E-state index contributed by atoms with van der Waals surface area (Å²) in [7, 11) is 0. The number of hydrogen-bond acceptors (Lipinski definition) is 3. The number of hydrogen-bond donors (Lipinski definition) is 1. The van der Waals surface area contributed by atoms with Gasteiger partial charge < -0.3 is 5.11 Å². The van der Waals surface area contributed by atoms with Gasteiger partial charge in [0.05, 0.1) is 0 Å². The maximum Gasteiger partial charge on any atom is 0.326 e. The first-order valence-corrected chi connectivity index (χ1v) is 4.31. The molecule has 0 aliphatic carbocycles. The Hall–Kier alpha value is -0.360. The SMILES string of the molecule is CSCCC(C(=O)O)N(F)F. The predicted octanol–water partition coefficient (Wildman–Crippen LogP) is 1.26. The van der Waals surface area contributed by atoms with Crippen molar-refractivity contribution in [1.29, 1.82) is 0 Å². The molecule has 0 saturated heterocycles. The molecular formula is C5H9F2NO2S. The van der Waals surface area contributed by atoms with E-state index in [-0.39, 0.29) is 6.42 Å². The molecule has 6 heteroatoms. The Morgan fingerprint density at radius 2 is 2.27 bits per heavy atom. The van der Waals surface area contributed by atoms with Gasteiger partial charge in [-0.15, -0.1) is 8.96 Å². The summed E-state index contributed by atoms with van der Waals surface area (Å²) < 4.78 is 23.4. The second-order valence-corrected chi connectivity index (χ2v) is 2.88. The van der Waals surface area contributed by atoms with Gasteiger partial charge in [-0.1, -0.05) is 0 Å². The largest absolute Gasteiger partial charge is 0.480 e. The molecule has 0 fully saturated rings. The molecule has 3 nitrogen and oxygen atoms in total. The molecule has 11 heavy (non-hydrogen) atoms. The van der Waals surface area contributed by atoms with Gasteiger partial charge in [0.25, 0.3) is 0 Å². The smallest absolute Gasteiger partial charge is 0.326 e. The van der Waals surface area contributed by atoms with Gasteiger partial charge in [-0.25, -0.2) is 0 Å². The lowest BCUT2D eigenvalue weighted by Gasteiger charge is -2.10. The van der Waals surface area contributed by atoms with Crippen molar-refractivity contribution in [3.05, 3.63) is 0 Å². The number of carboxylic acid groups (broad SMARTS) is 1. The summed E-state index contributed by atoms with van der Waals surface area (Å²) in [5, 5.41) is 6.97. The monoisotopic (exact) mass is 185 g/mol. The topological polar surface area (TPSA) is 40.5 Å². The second-order valence-electron chi connectivity index (χ2n) is 1.89. The van der Waals surface area contributed by atoms with Crippen LogP contribution in [-0.4, -0.2) is 34.5 Å². The van der Waals surface area contributed by atoms with Crippen LogP contribution < -0.4 is 0 Å². The molecule has 0 heterocycles. The van der Waals surface area contributed by atoms with Gasteiger partial charge in [0.15, 0.2) is 6.04 Å². The molecule has 0 amide bonds. The number of halogens is 2. The van der Waals surface area contributed by atoms with E-state index in [0.717, 1.165) is 0 Å². The number of rotatable bonds is 5. The molecule has 66 valence electrons. The van der Waals surface area contributed by atoms with Crippen LogP contribution in [0, 0.1) is 0 Å². The first-order chi connectivity index (χ1) is 5.09. The highest BCUT2D eigenvalue weighted by Gasteiger charge is 2.25. The van der Waals surface area contributed by atoms with Crippen LogP contribution >= 0.6 is 11.8 Å². The molecule has 0 aliphatic rings. The summed E-state index contributed by atoms with van der Waals surface area (Å²) in [6, 6.07) is -1.66. The van der Waals surface area contributed by atoms with Crippen molar-refractivity contribution in [2.75, 3.05) is 12.0 Å². The molecule has 0 aromatic rings. The Bertz CT molecular complexity index is 134. The Balaban J connectivity index is 3.80. The summed E-state index contributed by atoms with van der Waals surface area (Å²) in [5.74, 6) is -1.06. The van der Waals surface area contributed by atoms with Crippen LogP contribution in [0.15, 0.2) is 0 Å². The average Bonchev–Trinajstić information content (AvgIpc) is 1.87. The van der Waals surface area contributed by atoms with E-state index >= 15 is 0 Å². The van der Waals surface area contributed by atoms with Crippen molar-refractivity contribution >= 4 is 17.7 Å². The minimum absolute atomic E-state index is 0.0382. The summed E-state index contributed by atoms with van der Waals surface area (Å²) >= 11 is 1.34. The fraction of sp³-hybridized carbons (Fsp3) is 0.800. The average molecular weight is 185 g/mol. The van der Waals surface area contributed by atoms with E-state index in [9.17, 15) is 13.8 Å². The predicted molar refractivity (Wildman–Crippen MR) is 38.5 cm³/mol. The van der Waals surface area contributed by atoms with Crippen molar-refractivity contribution < 1.29 is 18.9 Å². The Morgan fingerprint density at radius 1 is 1.73 bits per heavy atom. The van der Waals surface area contributed by atoms with E-state index in [1.54, 1.807) is 6.26 Å². The Labute approximate surface area is 67.2 Å². The van der Waals surface area contributed by atoms with Gasteiger partial charge in [-0.2, -0.15) is 11.8 Å². The number of nitrogens with zero attached hydrogens (tertiary/aromatic N) is 1. The fourth-order valence-electron chi connectivity index (χ4n) is 0.534. The fourth-order valence-corrected chi connectivity index (χ4v) is 0.993. The zero-order chi connectivity index (χ0) is 8.85. The summed E-state index contributed by atoms with van der Waals surface area (Å²) in [6.07, 6.45) is 1.70. The summed E-state index contributed by atoms with van der Waals surface area (Å²) in [5.41, 5.74) is 0. The minimum atomic E-state index is -1.66. The maximum atomic E-state index is 11.7. The van der Waals surface area contributed by atoms with Crippen molar-refractivity contribution in [3.63, 3.8) is 0 Å². The lowest BCUT2D eigenvalue weighted by molar-refractivity contribution is -0.201. The second kappa shape index (κ2) is 5.31. The third-order valence-corrected chi connectivity index (χ3v) is 1.76. The highest BCUT2D eigenvalue weighted by Crippen LogP contribution is 2.09. The van der Waals surface area contributed by atoms with E-state index in [0.29, 0.717) is 5.75 Å². The quantitative estimate of drug-likeness (QED) is 0.655. The van der Waals surface area contributed by atoms with Gasteiger partial charge in [-0.05, 0) is 18.4 Å². The molecule has 0 radical (unpaired) electrons. The molecule has 0 aromatic carbocycles. The van der Waals surface area contributed by atoms with E-state index in [1.165, 1.54) is 11.8 Å². The minimum Gasteiger partial charge on any atom is -0.480 e. The van der Waals surface area contributed by atoms with Gasteiger partial charge >= 0.3 is 5.97 Å². The van der Waals surface area contributed by atoms with Crippen LogP contribution in [0.2, 0.25) is 0 Å². The molecular weight excluding hydrogens is 176 g/mol. The van der Waals surface area contributed by atoms with Gasteiger partial charge in [-0.3, -0.25) is 4.79 Å². The lowest BCUT2D eigenvalue weighted by atomic mass is 10.2. The number of carbonyl (C=O) groups is 1. The highest BCUT2D eigenvalue weighted by atomic mass is 32.2. The van der Waals surface area contributed by atoms with Gasteiger partial charge in [0.2, 0.25) is 0 Å². The van der Waals surface area contributed by atoms with Gasteiger partial charge in [0, 0.05) is 5.34 Å². The van der Waals surface area contributed by atoms with Crippen LogP contribution in [-0.2, 0) is 4.79 Å². The number of aliphatic carboxylic acids is 1. The lowest BCUT2D eigenvalue weighted by Crippen LogP contribution is -2.31. The molecule has 0 aliphatic heterocycles. The van der Waals surface area contributed by atoms with Crippen LogP contribution in [0.5, 0.6) is 0 Å². The van der Waals surface area contributed by atoms with Crippen LogP contribution in [0.25, 0.3) is 0 Å². The molecule has 1 unspecified atom stereocenters. The number of thioether (sulfide) groups is 1.